The zero-order valence-corrected chi connectivity index (χ0v) is 15.2. The van der Waals surface area contributed by atoms with Crippen molar-refractivity contribution in [3.05, 3.63) is 34.9 Å². The van der Waals surface area contributed by atoms with Crippen LogP contribution in [0.25, 0.3) is 0 Å². The summed E-state index contributed by atoms with van der Waals surface area (Å²) in [7, 11) is 0. The smallest absolute Gasteiger partial charge is 0.0245 e. The van der Waals surface area contributed by atoms with Crippen LogP contribution in [-0.2, 0) is 12.8 Å². The molecule has 0 nitrogen and oxygen atoms in total. The Morgan fingerprint density at radius 1 is 0.826 bits per heavy atom. The second-order valence-electron chi connectivity index (χ2n) is 8.96. The Morgan fingerprint density at radius 3 is 2.39 bits per heavy atom. The summed E-state index contributed by atoms with van der Waals surface area (Å²) in [5, 5.41) is 0. The highest BCUT2D eigenvalue weighted by molar-refractivity contribution is 5.33. The number of fused-ring (bicyclic) bond motifs is 2. The van der Waals surface area contributed by atoms with E-state index in [0.717, 1.165) is 29.6 Å². The summed E-state index contributed by atoms with van der Waals surface area (Å²) in [6.45, 7) is 4.64. The summed E-state index contributed by atoms with van der Waals surface area (Å²) in [4.78, 5) is 0. The van der Waals surface area contributed by atoms with Gasteiger partial charge in [-0.25, -0.2) is 0 Å². The average molecular weight is 311 g/mol. The van der Waals surface area contributed by atoms with E-state index >= 15 is 0 Å². The van der Waals surface area contributed by atoms with E-state index in [1.807, 2.05) is 0 Å². The third-order valence-corrected chi connectivity index (χ3v) is 7.63. The fraction of sp³-hybridized carbons (Fsp3) is 0.739. The Morgan fingerprint density at radius 2 is 1.57 bits per heavy atom. The van der Waals surface area contributed by atoms with E-state index in [9.17, 15) is 0 Å². The third-order valence-electron chi connectivity index (χ3n) is 7.63. The van der Waals surface area contributed by atoms with Gasteiger partial charge in [-0.1, -0.05) is 43.5 Å². The summed E-state index contributed by atoms with van der Waals surface area (Å²) in [6, 6.07) is 7.19. The highest BCUT2D eigenvalue weighted by Crippen LogP contribution is 2.48. The molecule has 0 N–H and O–H groups in total. The highest BCUT2D eigenvalue weighted by Gasteiger charge is 2.38. The molecule has 126 valence electrons. The van der Waals surface area contributed by atoms with E-state index in [4.69, 9.17) is 0 Å². The molecule has 2 saturated carbocycles. The molecule has 3 aliphatic carbocycles. The average Bonchev–Trinajstić information content (AvgIpc) is 2.60. The van der Waals surface area contributed by atoms with Gasteiger partial charge in [0.1, 0.15) is 0 Å². The summed E-state index contributed by atoms with van der Waals surface area (Å²) in [5.41, 5.74) is 4.76. The summed E-state index contributed by atoms with van der Waals surface area (Å²) < 4.78 is 0. The first-order valence-electron chi connectivity index (χ1n) is 10.3. The van der Waals surface area contributed by atoms with E-state index in [1.165, 1.54) is 44.1 Å². The predicted molar refractivity (Wildman–Crippen MR) is 98.6 cm³/mol. The van der Waals surface area contributed by atoms with Gasteiger partial charge in [-0.15, -0.1) is 0 Å². The van der Waals surface area contributed by atoms with Crippen LogP contribution in [0.15, 0.2) is 18.2 Å². The lowest BCUT2D eigenvalue weighted by atomic mass is 9.61. The second-order valence-corrected chi connectivity index (χ2v) is 8.96. The van der Waals surface area contributed by atoms with Gasteiger partial charge in [0.05, 0.1) is 0 Å². The lowest BCUT2D eigenvalue weighted by molar-refractivity contribution is 0.0708. The summed E-state index contributed by atoms with van der Waals surface area (Å²) in [6.07, 6.45) is 14.8. The maximum Gasteiger partial charge on any atom is -0.0245 e. The Labute approximate surface area is 143 Å². The van der Waals surface area contributed by atoms with Crippen LogP contribution in [0.1, 0.15) is 75.0 Å². The Hall–Kier alpha value is -0.780. The molecule has 3 unspecified atom stereocenters. The Kier molecular flexibility index (Phi) is 4.52. The van der Waals surface area contributed by atoms with Crippen LogP contribution < -0.4 is 0 Å². The molecule has 0 saturated heterocycles. The van der Waals surface area contributed by atoms with Crippen LogP contribution in [-0.4, -0.2) is 0 Å². The fourth-order valence-corrected chi connectivity index (χ4v) is 6.14. The molecule has 0 heterocycles. The number of hydrogen-bond donors (Lipinski definition) is 0. The molecule has 0 radical (unpaired) electrons. The molecular weight excluding hydrogens is 276 g/mol. The normalized spacial score (nSPS) is 37.0. The van der Waals surface area contributed by atoms with Crippen LogP contribution in [0.5, 0.6) is 0 Å². The van der Waals surface area contributed by atoms with Crippen molar-refractivity contribution in [2.45, 2.75) is 78.1 Å². The van der Waals surface area contributed by atoms with Gasteiger partial charge in [0, 0.05) is 0 Å². The van der Waals surface area contributed by atoms with Gasteiger partial charge in [-0.05, 0) is 99.0 Å². The molecule has 0 spiro atoms. The maximum absolute atomic E-state index is 2.44. The van der Waals surface area contributed by atoms with Crippen molar-refractivity contribution in [3.8, 4) is 0 Å². The number of rotatable bonds is 2. The molecule has 3 aliphatic rings. The topological polar surface area (TPSA) is 0 Å². The molecule has 0 aromatic heterocycles. The molecule has 5 atom stereocenters. The first-order chi connectivity index (χ1) is 11.2. The Bertz CT molecular complexity index is 543. The van der Waals surface area contributed by atoms with Gasteiger partial charge in [-0.3, -0.25) is 0 Å². The van der Waals surface area contributed by atoms with Crippen LogP contribution in [0, 0.1) is 36.5 Å². The van der Waals surface area contributed by atoms with Crippen molar-refractivity contribution < 1.29 is 0 Å². The zero-order valence-electron chi connectivity index (χ0n) is 15.2. The highest BCUT2D eigenvalue weighted by atomic mass is 14.4. The van der Waals surface area contributed by atoms with Gasteiger partial charge in [0.15, 0.2) is 0 Å². The van der Waals surface area contributed by atoms with Crippen molar-refractivity contribution in [3.63, 3.8) is 0 Å². The summed E-state index contributed by atoms with van der Waals surface area (Å²) >= 11 is 0. The largest absolute Gasteiger partial charge is 0.0651 e. The van der Waals surface area contributed by atoms with Gasteiger partial charge < -0.3 is 0 Å². The van der Waals surface area contributed by atoms with Crippen molar-refractivity contribution in [1.29, 1.82) is 0 Å². The van der Waals surface area contributed by atoms with Crippen molar-refractivity contribution in [2.24, 2.45) is 29.6 Å². The SMILES string of the molecule is CC[C@@H]1CC[C@@H]2CC(C3CCc4cc(C)ccc4C3)CCC2C1. The van der Waals surface area contributed by atoms with Crippen LogP contribution in [0.2, 0.25) is 0 Å². The Balaban J connectivity index is 1.40. The number of hydrogen-bond acceptors (Lipinski definition) is 0. The van der Waals surface area contributed by atoms with E-state index in [0.29, 0.717) is 0 Å². The third kappa shape index (κ3) is 3.24. The molecule has 0 amide bonds. The van der Waals surface area contributed by atoms with Crippen LogP contribution in [0.4, 0.5) is 0 Å². The standard InChI is InChI=1S/C23H34/c1-3-17-5-7-21-15-23(11-9-19(21)13-17)22-10-8-18-12-16(2)4-6-20(18)14-22/h4,6,12,17,19,21-23H,3,5,7-11,13-15H2,1-2H3/t17-,19?,21-,22?,23?/m1/s1. The lowest BCUT2D eigenvalue weighted by Gasteiger charge is -2.45. The molecule has 2 fully saturated rings. The molecule has 0 bridgehead atoms. The van der Waals surface area contributed by atoms with Gasteiger partial charge in [0.2, 0.25) is 0 Å². The summed E-state index contributed by atoms with van der Waals surface area (Å²) in [5.74, 6) is 5.23. The number of aryl methyl sites for hydroxylation is 2. The monoisotopic (exact) mass is 310 g/mol. The van der Waals surface area contributed by atoms with Crippen molar-refractivity contribution in [2.75, 3.05) is 0 Å². The minimum Gasteiger partial charge on any atom is -0.0651 e. The second kappa shape index (κ2) is 6.61. The van der Waals surface area contributed by atoms with E-state index in [-0.39, 0.29) is 0 Å². The molecule has 1 aromatic carbocycles. The first-order valence-corrected chi connectivity index (χ1v) is 10.3. The van der Waals surface area contributed by atoms with Gasteiger partial charge in [-0.2, -0.15) is 0 Å². The van der Waals surface area contributed by atoms with Crippen LogP contribution >= 0.6 is 0 Å². The predicted octanol–water partition coefficient (Wildman–Crippen LogP) is 6.34. The van der Waals surface area contributed by atoms with Crippen molar-refractivity contribution >= 4 is 0 Å². The molecular formula is C23H34. The minimum atomic E-state index is 0.982. The van der Waals surface area contributed by atoms with Gasteiger partial charge >= 0.3 is 0 Å². The fourth-order valence-electron chi connectivity index (χ4n) is 6.14. The van der Waals surface area contributed by atoms with Gasteiger partial charge in [0.25, 0.3) is 0 Å². The lowest BCUT2D eigenvalue weighted by Crippen LogP contribution is -2.35. The quantitative estimate of drug-likeness (QED) is 0.597. The van der Waals surface area contributed by atoms with Crippen LogP contribution in [0.3, 0.4) is 0 Å². The van der Waals surface area contributed by atoms with E-state index < -0.39 is 0 Å². The van der Waals surface area contributed by atoms with E-state index in [2.05, 4.69) is 32.0 Å². The first kappa shape index (κ1) is 15.7. The molecule has 0 heteroatoms. The minimum absolute atomic E-state index is 0.982. The molecule has 1 aromatic rings. The number of benzene rings is 1. The zero-order chi connectivity index (χ0) is 15.8. The van der Waals surface area contributed by atoms with Crippen molar-refractivity contribution in [1.82, 2.24) is 0 Å². The molecule has 0 aliphatic heterocycles. The van der Waals surface area contributed by atoms with E-state index in [1.54, 1.807) is 36.8 Å². The maximum atomic E-state index is 2.44. The molecule has 4 rings (SSSR count). The molecule has 23 heavy (non-hydrogen) atoms.